The molecule has 9 nitrogen and oxygen atoms in total. The minimum absolute atomic E-state index is 0.557. The van der Waals surface area contributed by atoms with Gasteiger partial charge in [0.1, 0.15) is 19.8 Å². The molecule has 16 heavy (non-hydrogen) atoms. The summed E-state index contributed by atoms with van der Waals surface area (Å²) in [5, 5.41) is 35.0. The average Bonchev–Trinajstić information content (AvgIpc) is 2.11. The second-order valence-corrected chi connectivity index (χ2v) is 3.70. The van der Waals surface area contributed by atoms with Crippen molar-refractivity contribution < 1.29 is 45.8 Å². The SMILES string of the molecule is O=P(O)(O)O.[2H]C(=O)C[C@@H](O)[C@@H](O)[C@H](O)CO. The number of carbonyl (C=O) groups excluding carboxylic acids is 1. The van der Waals surface area contributed by atoms with Gasteiger partial charge in [-0.2, -0.15) is 0 Å². The third-order valence-electron chi connectivity index (χ3n) is 1.27. The average molecular weight is 263 g/mol. The van der Waals surface area contributed by atoms with Gasteiger partial charge in [0, 0.05) is 6.42 Å². The Morgan fingerprint density at radius 3 is 1.81 bits per heavy atom. The van der Waals surface area contributed by atoms with Crippen LogP contribution >= 0.6 is 7.82 Å². The molecule has 0 aromatic rings. The molecule has 0 aliphatic rings. The molecule has 0 fully saturated rings. The molecule has 0 saturated heterocycles. The number of carbonyl (C=O) groups is 1. The minimum Gasteiger partial charge on any atom is -0.394 e. The molecule has 0 aromatic carbocycles. The Balaban J connectivity index is 0. The van der Waals surface area contributed by atoms with Crippen molar-refractivity contribution in [3.8, 4) is 0 Å². The third kappa shape index (κ3) is 13.6. The van der Waals surface area contributed by atoms with Crippen LogP contribution in [0.25, 0.3) is 0 Å². The van der Waals surface area contributed by atoms with Crippen molar-refractivity contribution in [2.45, 2.75) is 24.7 Å². The van der Waals surface area contributed by atoms with Gasteiger partial charge in [0.2, 0.25) is 0 Å². The van der Waals surface area contributed by atoms with Gasteiger partial charge in [-0.3, -0.25) is 0 Å². The van der Waals surface area contributed by atoms with E-state index in [4.69, 9.17) is 41.0 Å². The lowest BCUT2D eigenvalue weighted by Gasteiger charge is -2.19. The molecule has 7 N–H and O–H groups in total. The summed E-state index contributed by atoms with van der Waals surface area (Å²) in [6.07, 6.45) is -6.18. The maximum absolute atomic E-state index is 10.1. The van der Waals surface area contributed by atoms with Crippen molar-refractivity contribution in [2.24, 2.45) is 0 Å². The molecule has 10 heteroatoms. The summed E-state index contributed by atoms with van der Waals surface area (Å²) in [5.74, 6) is 0. The van der Waals surface area contributed by atoms with Gasteiger partial charge in [-0.05, 0) is 0 Å². The number of hydrogen-bond donors (Lipinski definition) is 7. The highest BCUT2D eigenvalue weighted by molar-refractivity contribution is 7.45. The van der Waals surface area contributed by atoms with Crippen LogP contribution in [0.3, 0.4) is 0 Å². The zero-order valence-electron chi connectivity index (χ0n) is 9.04. The van der Waals surface area contributed by atoms with Crippen LogP contribution in [0.1, 0.15) is 7.79 Å². The number of aliphatic hydroxyl groups excluding tert-OH is 4. The Hall–Kier alpha value is -0.380. The summed E-state index contributed by atoms with van der Waals surface area (Å²) >= 11 is 0. The van der Waals surface area contributed by atoms with E-state index in [2.05, 4.69) is 0 Å². The van der Waals surface area contributed by atoms with Gasteiger partial charge >= 0.3 is 7.82 Å². The standard InChI is InChI=1S/C6H12O5.H3O4P/c7-2-1-4(9)6(11)5(10)3-8;1-5(2,3)4/h2,4-6,8-11H,1,3H2;(H3,1,2,3,4)/t4-,5-,6-;/m1./s1/i2D;. The first-order valence-corrected chi connectivity index (χ1v) is 5.48. The molecule has 0 spiro atoms. The molecule has 98 valence electrons. The van der Waals surface area contributed by atoms with E-state index in [0.717, 1.165) is 0 Å². The van der Waals surface area contributed by atoms with Crippen molar-refractivity contribution in [2.75, 3.05) is 6.61 Å². The molecular weight excluding hydrogens is 247 g/mol. The lowest BCUT2D eigenvalue weighted by Crippen LogP contribution is -2.39. The fourth-order valence-corrected chi connectivity index (χ4v) is 0.571. The van der Waals surface area contributed by atoms with Crippen LogP contribution in [0.5, 0.6) is 0 Å². The minimum atomic E-state index is -4.64. The summed E-state index contributed by atoms with van der Waals surface area (Å²) in [6, 6.07) is 0. The Kier molecular flexibility index (Phi) is 8.53. The predicted octanol–water partition coefficient (Wildman–Crippen LogP) is -3.28. The van der Waals surface area contributed by atoms with Crippen LogP contribution in [-0.4, -0.2) is 66.3 Å². The van der Waals surface area contributed by atoms with Crippen molar-refractivity contribution in [3.63, 3.8) is 0 Å². The quantitative estimate of drug-likeness (QED) is 0.198. The first-order valence-electron chi connectivity index (χ1n) is 4.41. The van der Waals surface area contributed by atoms with E-state index in [1.807, 2.05) is 0 Å². The van der Waals surface area contributed by atoms with Crippen LogP contribution < -0.4 is 0 Å². The largest absolute Gasteiger partial charge is 0.466 e. The summed E-state index contributed by atoms with van der Waals surface area (Å²) in [7, 11) is -4.64. The monoisotopic (exact) mass is 263 g/mol. The van der Waals surface area contributed by atoms with Crippen LogP contribution in [0.2, 0.25) is 0 Å². The van der Waals surface area contributed by atoms with Crippen LogP contribution in [0.15, 0.2) is 0 Å². The zero-order valence-corrected chi connectivity index (χ0v) is 8.93. The molecule has 0 aromatic heterocycles. The summed E-state index contributed by atoms with van der Waals surface area (Å²) < 4.78 is 15.3. The van der Waals surface area contributed by atoms with Gasteiger partial charge in [-0.25, -0.2) is 4.57 Å². The highest BCUT2D eigenvalue weighted by atomic mass is 31.2. The fraction of sp³-hybridized carbons (Fsp3) is 0.833. The van der Waals surface area contributed by atoms with Gasteiger partial charge in [-0.1, -0.05) is 0 Å². The molecule has 0 bridgehead atoms. The van der Waals surface area contributed by atoms with E-state index in [1.165, 1.54) is 0 Å². The lowest BCUT2D eigenvalue weighted by atomic mass is 10.1. The lowest BCUT2D eigenvalue weighted by molar-refractivity contribution is -0.115. The Labute approximate surface area is 92.2 Å². The number of aliphatic hydroxyl groups is 4. The number of phosphoric acid groups is 1. The van der Waals surface area contributed by atoms with Gasteiger partial charge in [0.25, 0.3) is 0 Å². The van der Waals surface area contributed by atoms with E-state index >= 15 is 0 Å². The summed E-state index contributed by atoms with van der Waals surface area (Å²) in [4.78, 5) is 31.7. The maximum Gasteiger partial charge on any atom is 0.466 e. The first kappa shape index (κ1) is 15.6. The molecule has 0 aliphatic heterocycles. The predicted molar refractivity (Wildman–Crippen MR) is 50.1 cm³/mol. The van der Waals surface area contributed by atoms with Gasteiger partial charge in [-0.15, -0.1) is 0 Å². The topological polar surface area (TPSA) is 176 Å². The van der Waals surface area contributed by atoms with E-state index < -0.39 is 45.4 Å². The van der Waals surface area contributed by atoms with Crippen molar-refractivity contribution >= 4 is 14.1 Å². The van der Waals surface area contributed by atoms with Crippen molar-refractivity contribution in [3.05, 3.63) is 0 Å². The molecule has 0 saturated carbocycles. The number of rotatable bonds is 5. The fourth-order valence-electron chi connectivity index (χ4n) is 0.571. The van der Waals surface area contributed by atoms with Crippen LogP contribution in [0.4, 0.5) is 0 Å². The first-order chi connectivity index (χ1) is 7.49. The Morgan fingerprint density at radius 1 is 1.19 bits per heavy atom. The maximum atomic E-state index is 10.1. The van der Waals surface area contributed by atoms with Gasteiger partial charge in [0.05, 0.1) is 12.7 Å². The Morgan fingerprint density at radius 2 is 1.56 bits per heavy atom. The van der Waals surface area contributed by atoms with Crippen molar-refractivity contribution in [1.29, 1.82) is 0 Å². The van der Waals surface area contributed by atoms with E-state index in [0.29, 0.717) is 0 Å². The van der Waals surface area contributed by atoms with E-state index in [1.54, 1.807) is 0 Å². The Bertz CT molecular complexity index is 258. The molecular formula is C6H15O9P. The molecule has 3 atom stereocenters. The molecule has 0 amide bonds. The molecule has 0 aliphatic carbocycles. The second kappa shape index (κ2) is 8.74. The molecule has 0 radical (unpaired) electrons. The third-order valence-corrected chi connectivity index (χ3v) is 1.27. The summed E-state index contributed by atoms with van der Waals surface area (Å²) in [6.45, 7) is -0.704. The van der Waals surface area contributed by atoms with Crippen molar-refractivity contribution in [1.82, 2.24) is 0 Å². The highest BCUT2D eigenvalue weighted by Gasteiger charge is 2.23. The van der Waals surface area contributed by atoms with Gasteiger partial charge in [0.15, 0.2) is 0 Å². The smallest absolute Gasteiger partial charge is 0.394 e. The molecule has 0 heterocycles. The zero-order chi connectivity index (χ0) is 14.2. The van der Waals surface area contributed by atoms with Crippen LogP contribution in [0, 0.1) is 0 Å². The molecule has 0 rings (SSSR count). The van der Waals surface area contributed by atoms with E-state index in [9.17, 15) is 4.79 Å². The highest BCUT2D eigenvalue weighted by Crippen LogP contribution is 2.25. The molecule has 0 unspecified atom stereocenters. The van der Waals surface area contributed by atoms with Gasteiger partial charge < -0.3 is 39.9 Å². The van der Waals surface area contributed by atoms with Crippen LogP contribution in [-0.2, 0) is 9.36 Å². The summed E-state index contributed by atoms with van der Waals surface area (Å²) in [5.41, 5.74) is 0. The second-order valence-electron chi connectivity index (χ2n) is 2.67. The number of hydrogen-bond acceptors (Lipinski definition) is 6. The number of aldehydes is 1. The normalized spacial score (nSPS) is 17.6. The van der Waals surface area contributed by atoms with E-state index in [-0.39, 0.29) is 0 Å².